The van der Waals surface area contributed by atoms with Crippen molar-refractivity contribution in [1.29, 1.82) is 0 Å². The van der Waals surface area contributed by atoms with Crippen LogP contribution in [0.2, 0.25) is 0 Å². The van der Waals surface area contributed by atoms with E-state index < -0.39 is 0 Å². The maximum absolute atomic E-state index is 13.2. The molecule has 0 amide bonds. The van der Waals surface area contributed by atoms with Crippen molar-refractivity contribution in [2.24, 2.45) is 0 Å². The lowest BCUT2D eigenvalue weighted by Crippen LogP contribution is -2.35. The van der Waals surface area contributed by atoms with Crippen molar-refractivity contribution in [3.8, 4) is 5.75 Å². The van der Waals surface area contributed by atoms with Crippen LogP contribution in [0.3, 0.4) is 0 Å². The lowest BCUT2D eigenvalue weighted by Gasteiger charge is -2.30. The van der Waals surface area contributed by atoms with Gasteiger partial charge in [0.15, 0.2) is 5.78 Å². The minimum Gasteiger partial charge on any atom is -0.494 e. The van der Waals surface area contributed by atoms with Crippen LogP contribution in [0.5, 0.6) is 5.75 Å². The molecule has 1 unspecified atom stereocenters. The van der Waals surface area contributed by atoms with Gasteiger partial charge in [0.25, 0.3) is 0 Å². The summed E-state index contributed by atoms with van der Waals surface area (Å²) in [7, 11) is 0. The number of carbonyl (C=O) groups is 1. The van der Waals surface area contributed by atoms with Gasteiger partial charge in [-0.2, -0.15) is 0 Å². The summed E-state index contributed by atoms with van der Waals surface area (Å²) in [5.74, 6) is 0.892. The van der Waals surface area contributed by atoms with Gasteiger partial charge in [-0.05, 0) is 62.7 Å². The molecule has 0 saturated carbocycles. The largest absolute Gasteiger partial charge is 0.494 e. The van der Waals surface area contributed by atoms with Crippen LogP contribution >= 0.6 is 0 Å². The Morgan fingerprint density at radius 3 is 2.32 bits per heavy atom. The number of carbonyl (C=O) groups excluding carboxylic acids is 1. The molecule has 3 heteroatoms. The van der Waals surface area contributed by atoms with E-state index in [1.807, 2.05) is 49.4 Å². The molecule has 0 radical (unpaired) electrons. The average Bonchev–Trinajstić information content (AvgIpc) is 2.68. The molecule has 1 atom stereocenters. The topological polar surface area (TPSA) is 29.5 Å². The third-order valence-electron chi connectivity index (χ3n) is 4.86. The van der Waals surface area contributed by atoms with Gasteiger partial charge < -0.3 is 9.64 Å². The van der Waals surface area contributed by atoms with Gasteiger partial charge in [-0.3, -0.25) is 4.79 Å². The van der Waals surface area contributed by atoms with E-state index in [0.717, 1.165) is 36.5 Å². The highest BCUT2D eigenvalue weighted by molar-refractivity contribution is 6.01. The van der Waals surface area contributed by atoms with Gasteiger partial charge in [-0.1, -0.05) is 36.8 Å². The predicted molar refractivity (Wildman–Crippen MR) is 101 cm³/mol. The van der Waals surface area contributed by atoms with E-state index in [-0.39, 0.29) is 11.7 Å². The molecule has 2 aromatic rings. The monoisotopic (exact) mass is 337 g/mol. The standard InChI is InChI=1S/C22H27NO2/c1-2-25-20-13-11-19(12-14-20)22(24)21(18-9-5-3-6-10-18)17-23-15-7-4-8-16-23/h3,5-6,9-14,21H,2,4,7-8,15-17H2,1H3. The minimum absolute atomic E-state index is 0.114. The number of ketones is 1. The van der Waals surface area contributed by atoms with Crippen LogP contribution in [0.15, 0.2) is 54.6 Å². The molecule has 1 heterocycles. The Bertz CT molecular complexity index is 660. The van der Waals surface area contributed by atoms with Crippen molar-refractivity contribution in [3.05, 3.63) is 65.7 Å². The number of ether oxygens (including phenoxy) is 1. The van der Waals surface area contributed by atoms with Crippen LogP contribution in [-0.2, 0) is 0 Å². The van der Waals surface area contributed by atoms with Gasteiger partial charge in [0, 0.05) is 12.1 Å². The molecule has 3 rings (SSSR count). The summed E-state index contributed by atoms with van der Waals surface area (Å²) < 4.78 is 5.49. The number of likely N-dealkylation sites (tertiary alicyclic amines) is 1. The van der Waals surface area contributed by atoms with Crippen LogP contribution in [0.25, 0.3) is 0 Å². The minimum atomic E-state index is -0.114. The van der Waals surface area contributed by atoms with Crippen LogP contribution in [0.4, 0.5) is 0 Å². The number of benzene rings is 2. The molecule has 1 fully saturated rings. The first-order valence-electron chi connectivity index (χ1n) is 9.32. The second-order valence-electron chi connectivity index (χ2n) is 6.65. The first-order valence-corrected chi connectivity index (χ1v) is 9.32. The Hall–Kier alpha value is -2.13. The van der Waals surface area contributed by atoms with Crippen molar-refractivity contribution in [2.75, 3.05) is 26.2 Å². The van der Waals surface area contributed by atoms with E-state index in [0.29, 0.717) is 6.61 Å². The molecule has 0 bridgehead atoms. The molecule has 0 aliphatic carbocycles. The molecule has 3 nitrogen and oxygen atoms in total. The molecule has 2 aromatic carbocycles. The summed E-state index contributed by atoms with van der Waals surface area (Å²) in [5.41, 5.74) is 1.86. The molecular weight excluding hydrogens is 310 g/mol. The summed E-state index contributed by atoms with van der Waals surface area (Å²) in [6, 6.07) is 17.7. The maximum atomic E-state index is 13.2. The van der Waals surface area contributed by atoms with Crippen LogP contribution in [0.1, 0.15) is 48.0 Å². The summed E-state index contributed by atoms with van der Waals surface area (Å²) in [6.45, 7) is 5.59. The molecule has 0 N–H and O–H groups in total. The van der Waals surface area contributed by atoms with E-state index in [1.165, 1.54) is 19.3 Å². The highest BCUT2D eigenvalue weighted by Gasteiger charge is 2.25. The van der Waals surface area contributed by atoms with Crippen LogP contribution in [-0.4, -0.2) is 36.9 Å². The van der Waals surface area contributed by atoms with E-state index in [9.17, 15) is 4.79 Å². The van der Waals surface area contributed by atoms with Crippen LogP contribution in [0, 0.1) is 0 Å². The lowest BCUT2D eigenvalue weighted by molar-refractivity contribution is 0.0925. The molecule has 1 aliphatic heterocycles. The lowest BCUT2D eigenvalue weighted by atomic mass is 9.89. The third-order valence-corrected chi connectivity index (χ3v) is 4.86. The van der Waals surface area contributed by atoms with Crippen molar-refractivity contribution >= 4 is 5.78 Å². The first kappa shape index (κ1) is 17.7. The fraction of sp³-hybridized carbons (Fsp3) is 0.409. The third kappa shape index (κ3) is 4.70. The Labute approximate surface area is 150 Å². The van der Waals surface area contributed by atoms with E-state index >= 15 is 0 Å². The zero-order chi connectivity index (χ0) is 17.5. The van der Waals surface area contributed by atoms with Gasteiger partial charge in [0.1, 0.15) is 5.75 Å². The second-order valence-corrected chi connectivity index (χ2v) is 6.65. The normalized spacial score (nSPS) is 16.4. The van der Waals surface area contributed by atoms with Crippen molar-refractivity contribution in [3.63, 3.8) is 0 Å². The molecule has 1 saturated heterocycles. The van der Waals surface area contributed by atoms with Crippen LogP contribution < -0.4 is 4.74 Å². The van der Waals surface area contributed by atoms with Gasteiger partial charge in [-0.25, -0.2) is 0 Å². The number of hydrogen-bond donors (Lipinski definition) is 0. The van der Waals surface area contributed by atoms with E-state index in [4.69, 9.17) is 4.74 Å². The molecule has 132 valence electrons. The fourth-order valence-electron chi connectivity index (χ4n) is 3.51. The highest BCUT2D eigenvalue weighted by Crippen LogP contribution is 2.25. The van der Waals surface area contributed by atoms with Gasteiger partial charge in [0.05, 0.1) is 12.5 Å². The van der Waals surface area contributed by atoms with Crippen molar-refractivity contribution in [1.82, 2.24) is 4.90 Å². The first-order chi connectivity index (χ1) is 12.3. The average molecular weight is 337 g/mol. The molecule has 0 aromatic heterocycles. The summed E-state index contributed by atoms with van der Waals surface area (Å²) >= 11 is 0. The number of rotatable bonds is 7. The summed E-state index contributed by atoms with van der Waals surface area (Å²) in [5, 5.41) is 0. The fourth-order valence-corrected chi connectivity index (χ4v) is 3.51. The van der Waals surface area contributed by atoms with Crippen molar-refractivity contribution in [2.45, 2.75) is 32.1 Å². The van der Waals surface area contributed by atoms with Crippen molar-refractivity contribution < 1.29 is 9.53 Å². The molecular formula is C22H27NO2. The SMILES string of the molecule is CCOc1ccc(C(=O)C(CN2CCCCC2)c2ccccc2)cc1. The van der Waals surface area contributed by atoms with E-state index in [2.05, 4.69) is 17.0 Å². The van der Waals surface area contributed by atoms with E-state index in [1.54, 1.807) is 0 Å². The number of Topliss-reactive ketones (excluding diaryl/α,β-unsaturated/α-hetero) is 1. The molecule has 1 aliphatic rings. The Kier molecular flexibility index (Phi) is 6.24. The Balaban J connectivity index is 1.81. The number of piperidine rings is 1. The quantitative estimate of drug-likeness (QED) is 0.695. The van der Waals surface area contributed by atoms with Gasteiger partial charge in [-0.15, -0.1) is 0 Å². The Morgan fingerprint density at radius 2 is 1.68 bits per heavy atom. The zero-order valence-corrected chi connectivity index (χ0v) is 15.0. The Morgan fingerprint density at radius 1 is 1.00 bits per heavy atom. The summed E-state index contributed by atoms with van der Waals surface area (Å²) in [4.78, 5) is 15.7. The highest BCUT2D eigenvalue weighted by atomic mass is 16.5. The zero-order valence-electron chi connectivity index (χ0n) is 15.0. The number of hydrogen-bond acceptors (Lipinski definition) is 3. The smallest absolute Gasteiger partial charge is 0.171 e. The van der Waals surface area contributed by atoms with Gasteiger partial charge in [0.2, 0.25) is 0 Å². The maximum Gasteiger partial charge on any atom is 0.171 e. The molecule has 25 heavy (non-hydrogen) atoms. The summed E-state index contributed by atoms with van der Waals surface area (Å²) in [6.07, 6.45) is 3.77. The number of nitrogens with zero attached hydrogens (tertiary/aromatic N) is 1. The molecule has 0 spiro atoms. The predicted octanol–water partition coefficient (Wildman–Crippen LogP) is 4.54. The second kappa shape index (κ2) is 8.82. The van der Waals surface area contributed by atoms with Gasteiger partial charge >= 0.3 is 0 Å².